The van der Waals surface area contributed by atoms with Crippen molar-refractivity contribution in [1.82, 2.24) is 5.06 Å². The molecule has 0 N–H and O–H groups in total. The van der Waals surface area contributed by atoms with E-state index in [0.29, 0.717) is 29.7 Å². The highest BCUT2D eigenvalue weighted by molar-refractivity contribution is 5.98. The highest BCUT2D eigenvalue weighted by atomic mass is 19.1. The van der Waals surface area contributed by atoms with Crippen molar-refractivity contribution in [2.75, 3.05) is 13.2 Å². The van der Waals surface area contributed by atoms with Gasteiger partial charge in [0.05, 0.1) is 6.61 Å². The Morgan fingerprint density at radius 3 is 2.95 bits per heavy atom. The first kappa shape index (κ1) is 12.2. The van der Waals surface area contributed by atoms with E-state index < -0.39 is 0 Å². The monoisotopic (exact) mass is 263 g/mol. The van der Waals surface area contributed by atoms with Gasteiger partial charge in [-0.05, 0) is 38.0 Å². The molecule has 4 nitrogen and oxygen atoms in total. The second-order valence-corrected chi connectivity index (χ2v) is 4.64. The summed E-state index contributed by atoms with van der Waals surface area (Å²) in [6.45, 7) is 2.85. The molecule has 0 unspecified atom stereocenters. The summed E-state index contributed by atoms with van der Waals surface area (Å²) in [5.74, 6) is -0.416. The SMILES string of the molecule is Cc1c(C(=O)N2CCCCO2)oc2ccc(F)cc12. The summed E-state index contributed by atoms with van der Waals surface area (Å²) < 4.78 is 18.8. The van der Waals surface area contributed by atoms with Crippen molar-refractivity contribution in [1.29, 1.82) is 0 Å². The molecule has 100 valence electrons. The molecule has 0 atom stereocenters. The summed E-state index contributed by atoms with van der Waals surface area (Å²) in [7, 11) is 0. The number of carbonyl (C=O) groups is 1. The van der Waals surface area contributed by atoms with Crippen LogP contribution in [0.15, 0.2) is 22.6 Å². The van der Waals surface area contributed by atoms with E-state index in [2.05, 4.69) is 0 Å². The molecule has 19 heavy (non-hydrogen) atoms. The summed E-state index contributed by atoms with van der Waals surface area (Å²) in [5, 5.41) is 1.95. The number of hydrogen-bond acceptors (Lipinski definition) is 3. The zero-order valence-electron chi connectivity index (χ0n) is 10.6. The smallest absolute Gasteiger partial charge is 0.313 e. The molecule has 0 radical (unpaired) electrons. The van der Waals surface area contributed by atoms with Gasteiger partial charge in [0.25, 0.3) is 0 Å². The third-order valence-corrected chi connectivity index (χ3v) is 3.32. The third-order valence-electron chi connectivity index (χ3n) is 3.32. The fourth-order valence-electron chi connectivity index (χ4n) is 2.27. The molecule has 2 aromatic rings. The minimum absolute atomic E-state index is 0.225. The van der Waals surface area contributed by atoms with Gasteiger partial charge in [-0.15, -0.1) is 0 Å². The molecule has 2 heterocycles. The Morgan fingerprint density at radius 1 is 1.37 bits per heavy atom. The Morgan fingerprint density at radius 2 is 2.21 bits per heavy atom. The lowest BCUT2D eigenvalue weighted by Crippen LogP contribution is -2.35. The zero-order chi connectivity index (χ0) is 13.4. The fraction of sp³-hybridized carbons (Fsp3) is 0.357. The second-order valence-electron chi connectivity index (χ2n) is 4.64. The van der Waals surface area contributed by atoms with Crippen LogP contribution < -0.4 is 0 Å². The zero-order valence-corrected chi connectivity index (χ0v) is 10.6. The average Bonchev–Trinajstić information content (AvgIpc) is 2.76. The van der Waals surface area contributed by atoms with Gasteiger partial charge in [0.15, 0.2) is 5.76 Å². The van der Waals surface area contributed by atoms with Crippen LogP contribution in [0.3, 0.4) is 0 Å². The molecule has 1 aromatic carbocycles. The van der Waals surface area contributed by atoms with Crippen LogP contribution in [-0.4, -0.2) is 24.1 Å². The molecule has 3 rings (SSSR count). The second kappa shape index (κ2) is 4.66. The van der Waals surface area contributed by atoms with Gasteiger partial charge in [0.1, 0.15) is 11.4 Å². The van der Waals surface area contributed by atoms with E-state index in [1.165, 1.54) is 23.3 Å². The number of benzene rings is 1. The normalized spacial score (nSPS) is 16.0. The standard InChI is InChI=1S/C14H14FNO3/c1-9-11-8-10(15)4-5-12(11)19-13(9)14(17)16-6-2-3-7-18-16/h4-5,8H,2-3,6-7H2,1H3. The number of aryl methyl sites for hydroxylation is 1. The summed E-state index contributed by atoms with van der Waals surface area (Å²) >= 11 is 0. The molecule has 5 heteroatoms. The number of rotatable bonds is 1. The van der Waals surface area contributed by atoms with Crippen molar-refractivity contribution in [3.05, 3.63) is 35.3 Å². The van der Waals surface area contributed by atoms with Gasteiger partial charge < -0.3 is 4.42 Å². The van der Waals surface area contributed by atoms with E-state index in [9.17, 15) is 9.18 Å². The first-order chi connectivity index (χ1) is 9.16. The van der Waals surface area contributed by atoms with Gasteiger partial charge in [0.2, 0.25) is 0 Å². The van der Waals surface area contributed by atoms with Gasteiger partial charge in [0, 0.05) is 17.5 Å². The van der Waals surface area contributed by atoms with Gasteiger partial charge in [-0.2, -0.15) is 0 Å². The number of hydrogen-bond donors (Lipinski definition) is 0. The van der Waals surface area contributed by atoms with Crippen molar-refractivity contribution in [2.24, 2.45) is 0 Å². The highest BCUT2D eigenvalue weighted by Gasteiger charge is 2.25. The Labute approximate surface area is 109 Å². The van der Waals surface area contributed by atoms with E-state index in [1.807, 2.05) is 0 Å². The van der Waals surface area contributed by atoms with Crippen molar-refractivity contribution < 1.29 is 18.4 Å². The summed E-state index contributed by atoms with van der Waals surface area (Å²) in [4.78, 5) is 17.6. The van der Waals surface area contributed by atoms with E-state index in [4.69, 9.17) is 9.25 Å². The molecule has 0 aliphatic carbocycles. The van der Waals surface area contributed by atoms with E-state index >= 15 is 0 Å². The summed E-state index contributed by atoms with van der Waals surface area (Å²) in [6, 6.07) is 4.23. The number of fused-ring (bicyclic) bond motifs is 1. The number of halogens is 1. The maximum Gasteiger partial charge on any atom is 0.313 e. The molecule has 0 bridgehead atoms. The van der Waals surface area contributed by atoms with Crippen LogP contribution in [0.2, 0.25) is 0 Å². The van der Waals surface area contributed by atoms with Gasteiger partial charge in [-0.25, -0.2) is 9.45 Å². The number of furan rings is 1. The van der Waals surface area contributed by atoms with Gasteiger partial charge >= 0.3 is 5.91 Å². The van der Waals surface area contributed by atoms with Crippen molar-refractivity contribution in [3.63, 3.8) is 0 Å². The van der Waals surface area contributed by atoms with Crippen LogP contribution in [0, 0.1) is 12.7 Å². The molecular formula is C14H14FNO3. The lowest BCUT2D eigenvalue weighted by atomic mass is 10.1. The van der Waals surface area contributed by atoms with Crippen LogP contribution in [0.1, 0.15) is 29.0 Å². The number of hydroxylamine groups is 2. The fourth-order valence-corrected chi connectivity index (χ4v) is 2.27. The quantitative estimate of drug-likeness (QED) is 0.794. The Bertz CT molecular complexity index is 629. The van der Waals surface area contributed by atoms with Crippen LogP contribution in [0.4, 0.5) is 4.39 Å². The maximum atomic E-state index is 13.2. The van der Waals surface area contributed by atoms with E-state index in [1.54, 1.807) is 6.92 Å². The van der Waals surface area contributed by atoms with E-state index in [-0.39, 0.29) is 17.5 Å². The first-order valence-corrected chi connectivity index (χ1v) is 6.30. The minimum Gasteiger partial charge on any atom is -0.451 e. The number of amides is 1. The van der Waals surface area contributed by atoms with Crippen molar-refractivity contribution in [3.8, 4) is 0 Å². The predicted molar refractivity (Wildman–Crippen MR) is 67.1 cm³/mol. The molecular weight excluding hydrogens is 249 g/mol. The largest absolute Gasteiger partial charge is 0.451 e. The summed E-state index contributed by atoms with van der Waals surface area (Å²) in [5.41, 5.74) is 1.16. The first-order valence-electron chi connectivity index (χ1n) is 6.30. The number of nitrogens with zero attached hydrogens (tertiary/aromatic N) is 1. The lowest BCUT2D eigenvalue weighted by molar-refractivity contribution is -0.145. The van der Waals surface area contributed by atoms with Gasteiger partial charge in [-0.3, -0.25) is 9.63 Å². The van der Waals surface area contributed by atoms with Crippen molar-refractivity contribution >= 4 is 16.9 Å². The predicted octanol–water partition coefficient (Wildman–Crippen LogP) is 3.05. The van der Waals surface area contributed by atoms with Crippen LogP contribution in [0.5, 0.6) is 0 Å². The minimum atomic E-state index is -0.343. The molecule has 1 saturated heterocycles. The molecule has 1 aromatic heterocycles. The Balaban J connectivity index is 2.00. The molecule has 1 aliphatic heterocycles. The van der Waals surface area contributed by atoms with Crippen LogP contribution in [-0.2, 0) is 4.84 Å². The van der Waals surface area contributed by atoms with Crippen LogP contribution >= 0.6 is 0 Å². The molecule has 0 saturated carbocycles. The molecule has 1 fully saturated rings. The molecule has 1 amide bonds. The Kier molecular flexibility index (Phi) is 2.98. The van der Waals surface area contributed by atoms with Crippen molar-refractivity contribution in [2.45, 2.75) is 19.8 Å². The lowest BCUT2D eigenvalue weighted by Gasteiger charge is -2.25. The topological polar surface area (TPSA) is 42.7 Å². The molecule has 1 aliphatic rings. The maximum absolute atomic E-state index is 13.2. The van der Waals surface area contributed by atoms with Crippen LogP contribution in [0.25, 0.3) is 11.0 Å². The molecule has 0 spiro atoms. The third kappa shape index (κ3) is 2.10. The Hall–Kier alpha value is -1.88. The average molecular weight is 263 g/mol. The van der Waals surface area contributed by atoms with Gasteiger partial charge in [-0.1, -0.05) is 0 Å². The van der Waals surface area contributed by atoms with E-state index in [0.717, 1.165) is 12.8 Å². The highest BCUT2D eigenvalue weighted by Crippen LogP contribution is 2.27. The summed E-state index contributed by atoms with van der Waals surface area (Å²) in [6.07, 6.45) is 1.87. The number of carbonyl (C=O) groups excluding carboxylic acids is 1.